The summed E-state index contributed by atoms with van der Waals surface area (Å²) in [5, 5.41) is 0. The van der Waals surface area contributed by atoms with Gasteiger partial charge >= 0.3 is 18.9 Å². The van der Waals surface area contributed by atoms with E-state index in [0.717, 1.165) is 6.42 Å². The Kier molecular flexibility index (Phi) is 13.5. The summed E-state index contributed by atoms with van der Waals surface area (Å²) in [6.45, 7) is 12.0. The monoisotopic (exact) mass is 150 g/mol. The van der Waals surface area contributed by atoms with Crippen LogP contribution in [-0.4, -0.2) is 43.4 Å². The van der Waals surface area contributed by atoms with Gasteiger partial charge in [-0.25, -0.2) is 0 Å². The average Bonchev–Trinajstić information content (AvgIpc) is 1.90. The molecule has 0 saturated carbocycles. The molecule has 0 atom stereocenters. The van der Waals surface area contributed by atoms with E-state index in [1.165, 1.54) is 32.5 Å². The molecule has 0 rings (SSSR count). The number of rotatable bonds is 6. The fourth-order valence-corrected chi connectivity index (χ4v) is 1.19. The molecule has 0 bridgehead atoms. The van der Waals surface area contributed by atoms with Gasteiger partial charge in [0.2, 0.25) is 0 Å². The van der Waals surface area contributed by atoms with E-state index >= 15 is 0 Å². The maximum absolute atomic E-state index is 3.85. The summed E-state index contributed by atoms with van der Waals surface area (Å²) in [7, 11) is 0. The van der Waals surface area contributed by atoms with Crippen molar-refractivity contribution in [1.29, 1.82) is 0 Å². The van der Waals surface area contributed by atoms with Crippen molar-refractivity contribution in [2.24, 2.45) is 0 Å². The van der Waals surface area contributed by atoms with Crippen LogP contribution in [0.2, 0.25) is 0 Å². The second-order valence-electron chi connectivity index (χ2n) is 2.70. The van der Waals surface area contributed by atoms with Crippen LogP contribution in [-0.2, 0) is 0 Å². The molecule has 0 aliphatic rings. The van der Waals surface area contributed by atoms with E-state index in [1.807, 2.05) is 0 Å². The predicted molar refractivity (Wildman–Crippen MR) is 54.1 cm³/mol. The first-order valence-electron chi connectivity index (χ1n) is 4.36. The van der Waals surface area contributed by atoms with E-state index in [1.54, 1.807) is 0 Å². The van der Waals surface area contributed by atoms with Crippen LogP contribution in [0, 0.1) is 6.92 Å². The molecule has 0 unspecified atom stereocenters. The Morgan fingerprint density at radius 1 is 1.00 bits per heavy atom. The van der Waals surface area contributed by atoms with E-state index in [-0.39, 0.29) is 18.9 Å². The van der Waals surface area contributed by atoms with Gasteiger partial charge in [-0.3, -0.25) is 0 Å². The predicted octanol–water partition coefficient (Wildman–Crippen LogP) is 1.68. The van der Waals surface area contributed by atoms with Crippen molar-refractivity contribution in [1.82, 2.24) is 4.90 Å². The van der Waals surface area contributed by atoms with Gasteiger partial charge in [0.15, 0.2) is 0 Å². The van der Waals surface area contributed by atoms with Crippen LogP contribution in [0.15, 0.2) is 0 Å². The second kappa shape index (κ2) is 10.6. The molecule has 0 aromatic carbocycles. The van der Waals surface area contributed by atoms with Gasteiger partial charge in [-0.1, -0.05) is 20.8 Å². The van der Waals surface area contributed by atoms with Crippen LogP contribution < -0.4 is 0 Å². The van der Waals surface area contributed by atoms with Crippen molar-refractivity contribution < 1.29 is 0 Å². The third-order valence-corrected chi connectivity index (χ3v) is 1.55. The van der Waals surface area contributed by atoms with Crippen LogP contribution in [0.1, 0.15) is 33.1 Å². The van der Waals surface area contributed by atoms with E-state index in [0.29, 0.717) is 0 Å². The molecule has 0 aliphatic carbocycles. The second-order valence-corrected chi connectivity index (χ2v) is 2.70. The molecule has 2 heteroatoms. The fraction of sp³-hybridized carbons (Fsp3) is 0.889. The molecular formula is C9H21LiN. The summed E-state index contributed by atoms with van der Waals surface area (Å²) in [5.74, 6) is 0. The van der Waals surface area contributed by atoms with Gasteiger partial charge in [0, 0.05) is 0 Å². The van der Waals surface area contributed by atoms with E-state index in [9.17, 15) is 0 Å². The molecule has 0 heterocycles. The molecule has 0 amide bonds. The molecule has 1 nitrogen and oxygen atoms in total. The third kappa shape index (κ3) is 8.46. The van der Waals surface area contributed by atoms with Crippen molar-refractivity contribution in [3.8, 4) is 0 Å². The Balaban J connectivity index is 0. The van der Waals surface area contributed by atoms with E-state index in [2.05, 4.69) is 25.7 Å². The summed E-state index contributed by atoms with van der Waals surface area (Å²) in [4.78, 5) is 2.48. The van der Waals surface area contributed by atoms with Crippen LogP contribution in [0.3, 0.4) is 0 Å². The number of hydrogen-bond donors (Lipinski definition) is 0. The molecule has 0 N–H and O–H groups in total. The molecule has 0 saturated heterocycles. The zero-order chi connectivity index (χ0) is 7.82. The molecule has 0 aromatic rings. The van der Waals surface area contributed by atoms with Crippen LogP contribution in [0.25, 0.3) is 0 Å². The Hall–Kier alpha value is 0.557. The van der Waals surface area contributed by atoms with Crippen molar-refractivity contribution >= 4 is 18.9 Å². The zero-order valence-corrected chi connectivity index (χ0v) is 7.40. The number of hydrogen-bond acceptors (Lipinski definition) is 1. The van der Waals surface area contributed by atoms with Gasteiger partial charge in [-0.15, -0.1) is 0 Å². The first kappa shape index (κ1) is 14.1. The Morgan fingerprint density at radius 2 is 1.45 bits per heavy atom. The van der Waals surface area contributed by atoms with Crippen LogP contribution in [0.4, 0.5) is 0 Å². The molecule has 0 fully saturated rings. The molecular weight excluding hydrogens is 129 g/mol. The summed E-state index contributed by atoms with van der Waals surface area (Å²) in [5.41, 5.74) is 0. The van der Waals surface area contributed by atoms with Crippen LogP contribution >= 0.6 is 0 Å². The fourth-order valence-electron chi connectivity index (χ4n) is 1.19. The van der Waals surface area contributed by atoms with Gasteiger partial charge in [-0.2, -0.15) is 0 Å². The molecule has 0 aliphatic heterocycles. The quantitative estimate of drug-likeness (QED) is 0.521. The molecule has 63 valence electrons. The minimum absolute atomic E-state index is 0. The summed E-state index contributed by atoms with van der Waals surface area (Å²) >= 11 is 0. The Labute approximate surface area is 83.7 Å². The average molecular weight is 150 g/mol. The minimum atomic E-state index is 0. The maximum atomic E-state index is 3.85. The van der Waals surface area contributed by atoms with Crippen molar-refractivity contribution in [2.45, 2.75) is 33.1 Å². The van der Waals surface area contributed by atoms with Crippen LogP contribution in [0.5, 0.6) is 0 Å². The first-order chi connectivity index (χ1) is 4.85. The zero-order valence-electron chi connectivity index (χ0n) is 7.40. The van der Waals surface area contributed by atoms with Crippen molar-refractivity contribution in [3.63, 3.8) is 0 Å². The van der Waals surface area contributed by atoms with Gasteiger partial charge < -0.3 is 4.90 Å². The SMILES string of the molecule is [CH2]CCN(CCC)CCC.[LiH]. The summed E-state index contributed by atoms with van der Waals surface area (Å²) in [6.07, 6.45) is 3.57. The Bertz CT molecular complexity index is 52.3. The van der Waals surface area contributed by atoms with Gasteiger partial charge in [0.05, 0.1) is 0 Å². The topological polar surface area (TPSA) is 3.24 Å². The van der Waals surface area contributed by atoms with Crippen molar-refractivity contribution in [2.75, 3.05) is 19.6 Å². The number of nitrogens with zero attached hydrogens (tertiary/aromatic N) is 1. The van der Waals surface area contributed by atoms with Gasteiger partial charge in [0.1, 0.15) is 0 Å². The first-order valence-corrected chi connectivity index (χ1v) is 4.36. The summed E-state index contributed by atoms with van der Waals surface area (Å²) < 4.78 is 0. The summed E-state index contributed by atoms with van der Waals surface area (Å²) in [6, 6.07) is 0. The van der Waals surface area contributed by atoms with Crippen molar-refractivity contribution in [3.05, 3.63) is 6.92 Å². The molecule has 0 aromatic heterocycles. The van der Waals surface area contributed by atoms with Gasteiger partial charge in [0.25, 0.3) is 0 Å². The molecule has 0 spiro atoms. The molecule has 11 heavy (non-hydrogen) atoms. The van der Waals surface area contributed by atoms with E-state index in [4.69, 9.17) is 0 Å². The standard InChI is InChI=1S/C9H20N.Li.H/c1-4-7-10(8-5-2)9-6-3;;/h1,4-9H2,2-3H3;;. The van der Waals surface area contributed by atoms with Gasteiger partial charge in [-0.05, 0) is 38.9 Å². The Morgan fingerprint density at radius 3 is 1.73 bits per heavy atom. The third-order valence-electron chi connectivity index (χ3n) is 1.55. The normalized spacial score (nSPS) is 9.82. The van der Waals surface area contributed by atoms with E-state index < -0.39 is 0 Å². The molecule has 1 radical (unpaired) electrons.